The van der Waals surface area contributed by atoms with Crippen LogP contribution in [0.2, 0.25) is 0 Å². The van der Waals surface area contributed by atoms with Gasteiger partial charge >= 0.3 is 0 Å². The Balaban J connectivity index is 1.88. The van der Waals surface area contributed by atoms with Crippen LogP contribution in [0.4, 0.5) is 5.69 Å². The van der Waals surface area contributed by atoms with Crippen LogP contribution in [0.1, 0.15) is 18.1 Å². The molecular weight excluding hydrogens is 288 g/mol. The fourth-order valence-electron chi connectivity index (χ4n) is 2.45. The Labute approximate surface area is 138 Å². The quantitative estimate of drug-likeness (QED) is 0.852. The van der Waals surface area contributed by atoms with Crippen LogP contribution in [-0.2, 0) is 17.8 Å². The van der Waals surface area contributed by atoms with Gasteiger partial charge in [0, 0.05) is 17.8 Å². The third kappa shape index (κ3) is 5.11. The Morgan fingerprint density at radius 3 is 2.48 bits per heavy atom. The SMILES string of the molecule is CCc1ccc(NC(=O)CN(C)Cc2ccccc2OC)cc1. The van der Waals surface area contributed by atoms with Gasteiger partial charge in [-0.1, -0.05) is 37.3 Å². The summed E-state index contributed by atoms with van der Waals surface area (Å²) in [6, 6.07) is 15.8. The number of hydrogen-bond acceptors (Lipinski definition) is 3. The molecule has 23 heavy (non-hydrogen) atoms. The predicted octanol–water partition coefficient (Wildman–Crippen LogP) is 3.33. The molecule has 1 amide bonds. The highest BCUT2D eigenvalue weighted by Gasteiger charge is 2.10. The molecule has 0 radical (unpaired) electrons. The van der Waals surface area contributed by atoms with E-state index in [1.54, 1.807) is 7.11 Å². The number of benzene rings is 2. The molecule has 0 aromatic heterocycles. The van der Waals surface area contributed by atoms with Gasteiger partial charge in [0.2, 0.25) is 5.91 Å². The maximum atomic E-state index is 12.1. The molecule has 2 rings (SSSR count). The van der Waals surface area contributed by atoms with Crippen molar-refractivity contribution in [1.82, 2.24) is 4.90 Å². The second kappa shape index (κ2) is 8.34. The number of nitrogens with zero attached hydrogens (tertiary/aromatic N) is 1. The Morgan fingerprint density at radius 2 is 1.83 bits per heavy atom. The van der Waals surface area contributed by atoms with E-state index in [1.807, 2.05) is 60.5 Å². The number of carbonyl (C=O) groups excluding carboxylic acids is 1. The van der Waals surface area contributed by atoms with Gasteiger partial charge in [-0.15, -0.1) is 0 Å². The van der Waals surface area contributed by atoms with E-state index in [9.17, 15) is 4.79 Å². The van der Waals surface area contributed by atoms with Crippen LogP contribution >= 0.6 is 0 Å². The molecule has 4 nitrogen and oxygen atoms in total. The van der Waals surface area contributed by atoms with Crippen molar-refractivity contribution in [1.29, 1.82) is 0 Å². The van der Waals surface area contributed by atoms with Gasteiger partial charge in [-0.3, -0.25) is 9.69 Å². The third-order valence-corrected chi connectivity index (χ3v) is 3.69. The fourth-order valence-corrected chi connectivity index (χ4v) is 2.45. The first-order valence-electron chi connectivity index (χ1n) is 7.81. The summed E-state index contributed by atoms with van der Waals surface area (Å²) in [6.45, 7) is 3.10. The molecule has 122 valence electrons. The van der Waals surface area contributed by atoms with Gasteiger partial charge in [-0.25, -0.2) is 0 Å². The topological polar surface area (TPSA) is 41.6 Å². The minimum absolute atomic E-state index is 0.0216. The smallest absolute Gasteiger partial charge is 0.238 e. The van der Waals surface area contributed by atoms with Gasteiger partial charge in [0.05, 0.1) is 13.7 Å². The normalized spacial score (nSPS) is 10.6. The molecular formula is C19H24N2O2. The standard InChI is InChI=1S/C19H24N2O2/c1-4-15-9-11-17(12-10-15)20-19(22)14-21(2)13-16-7-5-6-8-18(16)23-3/h5-12H,4,13-14H2,1-3H3,(H,20,22). The van der Waals surface area contributed by atoms with Crippen molar-refractivity contribution in [3.05, 3.63) is 59.7 Å². The molecule has 0 saturated carbocycles. The molecule has 0 spiro atoms. The molecule has 0 atom stereocenters. The Hall–Kier alpha value is -2.33. The van der Waals surface area contributed by atoms with E-state index in [-0.39, 0.29) is 5.91 Å². The number of anilines is 1. The van der Waals surface area contributed by atoms with Crippen LogP contribution < -0.4 is 10.1 Å². The summed E-state index contributed by atoms with van der Waals surface area (Å²) in [5, 5.41) is 2.93. The van der Waals surface area contributed by atoms with Crippen molar-refractivity contribution in [3.63, 3.8) is 0 Å². The average molecular weight is 312 g/mol. The molecule has 0 aliphatic heterocycles. The van der Waals surface area contributed by atoms with E-state index >= 15 is 0 Å². The van der Waals surface area contributed by atoms with Gasteiger partial charge in [0.15, 0.2) is 0 Å². The average Bonchev–Trinajstić information content (AvgIpc) is 2.55. The number of rotatable bonds is 7. The van der Waals surface area contributed by atoms with Crippen molar-refractivity contribution in [2.24, 2.45) is 0 Å². The lowest BCUT2D eigenvalue weighted by atomic mass is 10.1. The molecule has 0 unspecified atom stereocenters. The number of carbonyl (C=O) groups is 1. The Kier molecular flexibility index (Phi) is 6.18. The molecule has 0 aliphatic rings. The van der Waals surface area contributed by atoms with E-state index in [0.717, 1.165) is 23.4 Å². The monoisotopic (exact) mass is 312 g/mol. The summed E-state index contributed by atoms with van der Waals surface area (Å²) < 4.78 is 5.34. The molecule has 1 N–H and O–H groups in total. The highest BCUT2D eigenvalue weighted by Crippen LogP contribution is 2.18. The summed E-state index contributed by atoms with van der Waals surface area (Å²) in [6.07, 6.45) is 0.996. The van der Waals surface area contributed by atoms with Gasteiger partial charge in [-0.2, -0.15) is 0 Å². The van der Waals surface area contributed by atoms with E-state index < -0.39 is 0 Å². The van der Waals surface area contributed by atoms with Gasteiger partial charge in [0.25, 0.3) is 0 Å². The van der Waals surface area contributed by atoms with Crippen LogP contribution in [0, 0.1) is 0 Å². The maximum Gasteiger partial charge on any atom is 0.238 e. The second-order valence-corrected chi connectivity index (χ2v) is 5.58. The van der Waals surface area contributed by atoms with Crippen molar-refractivity contribution >= 4 is 11.6 Å². The van der Waals surface area contributed by atoms with Crippen LogP contribution in [0.25, 0.3) is 0 Å². The molecule has 0 heterocycles. The number of methoxy groups -OCH3 is 1. The van der Waals surface area contributed by atoms with Crippen molar-refractivity contribution < 1.29 is 9.53 Å². The van der Waals surface area contributed by atoms with Gasteiger partial charge < -0.3 is 10.1 Å². The van der Waals surface area contributed by atoms with Crippen LogP contribution in [0.5, 0.6) is 5.75 Å². The molecule has 0 bridgehead atoms. The molecule has 2 aromatic carbocycles. The van der Waals surface area contributed by atoms with E-state index in [1.165, 1.54) is 5.56 Å². The molecule has 2 aromatic rings. The lowest BCUT2D eigenvalue weighted by Crippen LogP contribution is -2.29. The number of amides is 1. The molecule has 0 fully saturated rings. The Morgan fingerprint density at radius 1 is 1.13 bits per heavy atom. The molecule has 0 aliphatic carbocycles. The zero-order chi connectivity index (χ0) is 16.7. The first kappa shape index (κ1) is 17.0. The lowest BCUT2D eigenvalue weighted by molar-refractivity contribution is -0.117. The number of ether oxygens (including phenoxy) is 1. The lowest BCUT2D eigenvalue weighted by Gasteiger charge is -2.18. The predicted molar refractivity (Wildman–Crippen MR) is 93.8 cm³/mol. The maximum absolute atomic E-state index is 12.1. The molecule has 4 heteroatoms. The minimum atomic E-state index is -0.0216. The first-order valence-corrected chi connectivity index (χ1v) is 7.81. The van der Waals surface area contributed by atoms with Crippen LogP contribution in [0.15, 0.2) is 48.5 Å². The van der Waals surface area contributed by atoms with Crippen LogP contribution in [0.3, 0.4) is 0 Å². The number of aryl methyl sites for hydroxylation is 1. The van der Waals surface area contributed by atoms with Crippen molar-refractivity contribution in [3.8, 4) is 5.75 Å². The number of likely N-dealkylation sites (N-methyl/N-ethyl adjacent to an activating group) is 1. The van der Waals surface area contributed by atoms with Gasteiger partial charge in [-0.05, 0) is 37.2 Å². The summed E-state index contributed by atoms with van der Waals surface area (Å²) in [5.41, 5.74) is 3.16. The first-order chi connectivity index (χ1) is 11.1. The largest absolute Gasteiger partial charge is 0.496 e. The highest BCUT2D eigenvalue weighted by atomic mass is 16.5. The zero-order valence-electron chi connectivity index (χ0n) is 14.0. The van der Waals surface area contributed by atoms with Gasteiger partial charge in [0.1, 0.15) is 5.75 Å². The zero-order valence-corrected chi connectivity index (χ0v) is 14.0. The number of para-hydroxylation sites is 1. The summed E-state index contributed by atoms with van der Waals surface area (Å²) in [7, 11) is 3.58. The molecule has 0 saturated heterocycles. The number of hydrogen-bond donors (Lipinski definition) is 1. The fraction of sp³-hybridized carbons (Fsp3) is 0.316. The summed E-state index contributed by atoms with van der Waals surface area (Å²) >= 11 is 0. The highest BCUT2D eigenvalue weighted by molar-refractivity contribution is 5.92. The minimum Gasteiger partial charge on any atom is -0.496 e. The van der Waals surface area contributed by atoms with E-state index in [0.29, 0.717) is 13.1 Å². The van der Waals surface area contributed by atoms with Crippen molar-refractivity contribution in [2.75, 3.05) is 26.0 Å². The third-order valence-electron chi connectivity index (χ3n) is 3.69. The summed E-state index contributed by atoms with van der Waals surface area (Å²) in [4.78, 5) is 14.1. The van der Waals surface area contributed by atoms with E-state index in [4.69, 9.17) is 4.74 Å². The van der Waals surface area contributed by atoms with Crippen LogP contribution in [-0.4, -0.2) is 31.5 Å². The second-order valence-electron chi connectivity index (χ2n) is 5.58. The number of nitrogens with one attached hydrogen (secondary N) is 1. The van der Waals surface area contributed by atoms with E-state index in [2.05, 4.69) is 12.2 Å². The summed E-state index contributed by atoms with van der Waals surface area (Å²) in [5.74, 6) is 0.821. The van der Waals surface area contributed by atoms with Crippen molar-refractivity contribution in [2.45, 2.75) is 19.9 Å². The Bertz CT molecular complexity index is 638.